The molecule has 0 spiro atoms. The van der Waals surface area contributed by atoms with Crippen molar-refractivity contribution in [2.75, 3.05) is 20.3 Å². The molecule has 19 heavy (non-hydrogen) atoms. The van der Waals surface area contributed by atoms with E-state index in [9.17, 15) is 4.79 Å². The standard InChI is InChI=1S/C14H16BrNO3/c1-4-6-16-14(17)10-8-11(15)13(19-7-5-2)12(9-10)18-3/h1,8-9H,5-7H2,2-3H3,(H,16,17). The molecule has 0 aliphatic carbocycles. The maximum atomic E-state index is 11.8. The van der Waals surface area contributed by atoms with Crippen molar-refractivity contribution >= 4 is 21.8 Å². The molecule has 4 nitrogen and oxygen atoms in total. The number of carbonyl (C=O) groups excluding carboxylic acids is 1. The fraction of sp³-hybridized carbons (Fsp3) is 0.357. The maximum absolute atomic E-state index is 11.8. The molecule has 0 aliphatic heterocycles. The molecule has 0 aliphatic rings. The van der Waals surface area contributed by atoms with Gasteiger partial charge in [0, 0.05) is 5.56 Å². The second-order valence-corrected chi connectivity index (χ2v) is 4.58. The van der Waals surface area contributed by atoms with Crippen LogP contribution in [0.15, 0.2) is 16.6 Å². The molecule has 1 aromatic rings. The highest BCUT2D eigenvalue weighted by molar-refractivity contribution is 9.10. The molecule has 0 fully saturated rings. The quantitative estimate of drug-likeness (QED) is 0.818. The Kier molecular flexibility index (Phi) is 6.23. The lowest BCUT2D eigenvalue weighted by Gasteiger charge is -2.13. The van der Waals surface area contributed by atoms with Crippen LogP contribution in [0, 0.1) is 12.3 Å². The molecule has 0 unspecified atom stereocenters. The van der Waals surface area contributed by atoms with Crippen LogP contribution < -0.4 is 14.8 Å². The molecule has 0 radical (unpaired) electrons. The van der Waals surface area contributed by atoms with E-state index in [1.54, 1.807) is 12.1 Å². The fourth-order valence-electron chi connectivity index (χ4n) is 1.43. The molecule has 5 heteroatoms. The van der Waals surface area contributed by atoms with Crippen molar-refractivity contribution in [1.29, 1.82) is 0 Å². The van der Waals surface area contributed by atoms with Gasteiger partial charge >= 0.3 is 0 Å². The number of ether oxygens (including phenoxy) is 2. The number of hydrogen-bond donors (Lipinski definition) is 1. The van der Waals surface area contributed by atoms with Crippen LogP contribution in [0.5, 0.6) is 11.5 Å². The predicted octanol–water partition coefficient (Wildman–Crippen LogP) is 2.61. The number of rotatable bonds is 6. The van der Waals surface area contributed by atoms with Crippen LogP contribution in [0.3, 0.4) is 0 Å². The van der Waals surface area contributed by atoms with Gasteiger partial charge in [-0.15, -0.1) is 6.42 Å². The van der Waals surface area contributed by atoms with E-state index in [1.807, 2.05) is 6.92 Å². The second-order valence-electron chi connectivity index (χ2n) is 3.72. The Hall–Kier alpha value is -1.67. The van der Waals surface area contributed by atoms with Gasteiger partial charge in [-0.25, -0.2) is 0 Å². The van der Waals surface area contributed by atoms with Gasteiger partial charge in [-0.3, -0.25) is 4.79 Å². The van der Waals surface area contributed by atoms with E-state index in [-0.39, 0.29) is 12.5 Å². The van der Waals surface area contributed by atoms with Crippen LogP contribution in [-0.4, -0.2) is 26.2 Å². The van der Waals surface area contributed by atoms with Gasteiger partial charge in [-0.1, -0.05) is 12.8 Å². The van der Waals surface area contributed by atoms with Gasteiger partial charge in [-0.2, -0.15) is 0 Å². The summed E-state index contributed by atoms with van der Waals surface area (Å²) < 4.78 is 11.5. The average Bonchev–Trinajstić information content (AvgIpc) is 2.42. The molecule has 0 bridgehead atoms. The molecule has 1 N–H and O–H groups in total. The Morgan fingerprint density at radius 1 is 1.53 bits per heavy atom. The maximum Gasteiger partial charge on any atom is 0.252 e. The van der Waals surface area contributed by atoms with Crippen molar-refractivity contribution in [3.05, 3.63) is 22.2 Å². The molecular weight excluding hydrogens is 310 g/mol. The molecular formula is C14H16BrNO3. The van der Waals surface area contributed by atoms with E-state index in [1.165, 1.54) is 7.11 Å². The molecule has 1 aromatic carbocycles. The van der Waals surface area contributed by atoms with Gasteiger partial charge in [0.15, 0.2) is 11.5 Å². The molecule has 0 heterocycles. The monoisotopic (exact) mass is 325 g/mol. The first kappa shape index (κ1) is 15.4. The Morgan fingerprint density at radius 2 is 2.26 bits per heavy atom. The Balaban J connectivity index is 3.02. The van der Waals surface area contributed by atoms with Gasteiger partial charge in [0.05, 0.1) is 24.7 Å². The van der Waals surface area contributed by atoms with Crippen molar-refractivity contribution in [1.82, 2.24) is 5.32 Å². The second kappa shape index (κ2) is 7.70. The first-order valence-corrected chi connectivity index (χ1v) is 6.65. The van der Waals surface area contributed by atoms with Crippen LogP contribution >= 0.6 is 15.9 Å². The Bertz CT molecular complexity index is 494. The number of benzene rings is 1. The van der Waals surface area contributed by atoms with Gasteiger partial charge in [-0.05, 0) is 34.5 Å². The van der Waals surface area contributed by atoms with Crippen LogP contribution in [0.1, 0.15) is 23.7 Å². The number of halogens is 1. The van der Waals surface area contributed by atoms with E-state index in [0.29, 0.717) is 28.1 Å². The zero-order valence-corrected chi connectivity index (χ0v) is 12.5. The minimum Gasteiger partial charge on any atom is -0.493 e. The summed E-state index contributed by atoms with van der Waals surface area (Å²) in [6, 6.07) is 3.31. The highest BCUT2D eigenvalue weighted by Crippen LogP contribution is 2.36. The average molecular weight is 326 g/mol. The number of amides is 1. The van der Waals surface area contributed by atoms with Crippen molar-refractivity contribution in [2.24, 2.45) is 0 Å². The zero-order chi connectivity index (χ0) is 14.3. The summed E-state index contributed by atoms with van der Waals surface area (Å²) in [5, 5.41) is 2.60. The van der Waals surface area contributed by atoms with Crippen LogP contribution in [0.2, 0.25) is 0 Å². The number of methoxy groups -OCH3 is 1. The van der Waals surface area contributed by atoms with E-state index < -0.39 is 0 Å². The predicted molar refractivity (Wildman–Crippen MR) is 77.6 cm³/mol. The lowest BCUT2D eigenvalue weighted by Crippen LogP contribution is -2.23. The Labute approximate surface area is 121 Å². The van der Waals surface area contributed by atoms with Crippen molar-refractivity contribution < 1.29 is 14.3 Å². The minimum atomic E-state index is -0.251. The molecule has 1 amide bonds. The third-order valence-corrected chi connectivity index (χ3v) is 2.88. The number of carbonyl (C=O) groups is 1. The largest absolute Gasteiger partial charge is 0.493 e. The summed E-state index contributed by atoms with van der Waals surface area (Å²) in [7, 11) is 1.53. The van der Waals surface area contributed by atoms with Crippen LogP contribution in [-0.2, 0) is 0 Å². The topological polar surface area (TPSA) is 47.6 Å². The minimum absolute atomic E-state index is 0.187. The zero-order valence-electron chi connectivity index (χ0n) is 11.0. The third kappa shape index (κ3) is 4.18. The molecule has 1 rings (SSSR count). The van der Waals surface area contributed by atoms with Crippen LogP contribution in [0.25, 0.3) is 0 Å². The van der Waals surface area contributed by atoms with Gasteiger partial charge in [0.1, 0.15) is 0 Å². The van der Waals surface area contributed by atoms with Gasteiger partial charge in [0.2, 0.25) is 0 Å². The lowest BCUT2D eigenvalue weighted by molar-refractivity contribution is 0.0958. The summed E-state index contributed by atoms with van der Waals surface area (Å²) in [6.45, 7) is 2.78. The van der Waals surface area contributed by atoms with E-state index in [4.69, 9.17) is 15.9 Å². The smallest absolute Gasteiger partial charge is 0.252 e. The van der Waals surface area contributed by atoms with Crippen molar-refractivity contribution in [3.63, 3.8) is 0 Å². The highest BCUT2D eigenvalue weighted by Gasteiger charge is 2.15. The lowest BCUT2D eigenvalue weighted by atomic mass is 10.2. The number of hydrogen-bond acceptors (Lipinski definition) is 3. The van der Waals surface area contributed by atoms with Crippen molar-refractivity contribution in [2.45, 2.75) is 13.3 Å². The van der Waals surface area contributed by atoms with E-state index >= 15 is 0 Å². The third-order valence-electron chi connectivity index (χ3n) is 2.29. The number of terminal acetylenes is 1. The molecule has 0 atom stereocenters. The van der Waals surface area contributed by atoms with E-state index in [2.05, 4.69) is 27.2 Å². The fourth-order valence-corrected chi connectivity index (χ4v) is 1.98. The summed E-state index contributed by atoms with van der Waals surface area (Å²) in [5.41, 5.74) is 0.461. The summed E-state index contributed by atoms with van der Waals surface area (Å²) in [5.74, 6) is 3.20. The summed E-state index contributed by atoms with van der Waals surface area (Å²) in [6.07, 6.45) is 5.99. The van der Waals surface area contributed by atoms with Crippen LogP contribution in [0.4, 0.5) is 0 Å². The molecule has 0 aromatic heterocycles. The molecule has 0 saturated carbocycles. The Morgan fingerprint density at radius 3 is 2.84 bits per heavy atom. The first-order valence-electron chi connectivity index (χ1n) is 5.86. The molecule has 0 saturated heterocycles. The SMILES string of the molecule is C#CCNC(=O)c1cc(Br)c(OCCC)c(OC)c1. The normalized spacial score (nSPS) is 9.58. The van der Waals surface area contributed by atoms with Crippen molar-refractivity contribution in [3.8, 4) is 23.8 Å². The van der Waals surface area contributed by atoms with Gasteiger partial charge in [0.25, 0.3) is 5.91 Å². The summed E-state index contributed by atoms with van der Waals surface area (Å²) in [4.78, 5) is 11.8. The molecule has 102 valence electrons. The number of nitrogens with one attached hydrogen (secondary N) is 1. The first-order chi connectivity index (χ1) is 9.13. The van der Waals surface area contributed by atoms with E-state index in [0.717, 1.165) is 6.42 Å². The van der Waals surface area contributed by atoms with Gasteiger partial charge < -0.3 is 14.8 Å². The highest BCUT2D eigenvalue weighted by atomic mass is 79.9. The summed E-state index contributed by atoms with van der Waals surface area (Å²) >= 11 is 3.38.